The Morgan fingerprint density at radius 3 is 1.13 bits per heavy atom. The maximum absolute atomic E-state index is 12.8. The summed E-state index contributed by atoms with van der Waals surface area (Å²) in [4.78, 5) is 37.9. The number of unbranched alkanes of at least 4 members (excludes halogenated alkanes) is 23. The van der Waals surface area contributed by atoms with E-state index >= 15 is 0 Å². The van der Waals surface area contributed by atoms with Gasteiger partial charge in [0.25, 0.3) is 0 Å². The van der Waals surface area contributed by atoms with Gasteiger partial charge in [0.1, 0.15) is 13.2 Å². The zero-order valence-corrected chi connectivity index (χ0v) is 39.9. The van der Waals surface area contributed by atoms with Crippen LogP contribution in [0.5, 0.6) is 0 Å². The van der Waals surface area contributed by atoms with Crippen LogP contribution in [0.15, 0.2) is 72.9 Å². The highest BCUT2D eigenvalue weighted by Crippen LogP contribution is 2.13. The Morgan fingerprint density at radius 1 is 0.344 bits per heavy atom. The maximum atomic E-state index is 12.8. The van der Waals surface area contributed by atoms with Gasteiger partial charge in [0.05, 0.1) is 0 Å². The van der Waals surface area contributed by atoms with Crippen molar-refractivity contribution < 1.29 is 28.6 Å². The highest BCUT2D eigenvalue weighted by molar-refractivity contribution is 5.71. The zero-order chi connectivity index (χ0) is 44.4. The van der Waals surface area contributed by atoms with Crippen molar-refractivity contribution in [2.75, 3.05) is 13.2 Å². The summed E-state index contributed by atoms with van der Waals surface area (Å²) in [6.07, 6.45) is 61.8. The van der Waals surface area contributed by atoms with Gasteiger partial charge in [0, 0.05) is 19.3 Å². The van der Waals surface area contributed by atoms with E-state index in [1.165, 1.54) is 116 Å². The fraction of sp³-hybridized carbons (Fsp3) is 0.727. The minimum absolute atomic E-state index is 0.102. The fourth-order valence-corrected chi connectivity index (χ4v) is 6.84. The monoisotopic (exact) mass is 851 g/mol. The van der Waals surface area contributed by atoms with Crippen LogP contribution >= 0.6 is 0 Å². The third-order valence-corrected chi connectivity index (χ3v) is 10.7. The van der Waals surface area contributed by atoms with Crippen molar-refractivity contribution in [3.63, 3.8) is 0 Å². The number of carbonyl (C=O) groups is 3. The molecule has 1 unspecified atom stereocenters. The second-order valence-corrected chi connectivity index (χ2v) is 16.8. The van der Waals surface area contributed by atoms with E-state index in [4.69, 9.17) is 14.2 Å². The lowest BCUT2D eigenvalue weighted by Gasteiger charge is -2.18. The maximum Gasteiger partial charge on any atom is 0.306 e. The highest BCUT2D eigenvalue weighted by Gasteiger charge is 2.19. The first kappa shape index (κ1) is 57.9. The molecule has 0 aromatic carbocycles. The molecule has 0 N–H and O–H groups in total. The molecule has 0 saturated heterocycles. The molecular formula is C55H94O6. The standard InChI is InChI=1S/C55H94O6/c1-4-7-10-13-16-19-22-24-26-28-30-31-33-36-39-42-45-48-54(57)60-51-52(50-59-53(56)47-44-41-38-35-21-18-15-12-9-6-3)61-55(58)49-46-43-40-37-34-32-29-27-25-23-20-17-14-11-8-5-2/h16,19,24,26-27,29-32,34,36,39,52H,4-15,17-18,20-23,25,28,33,35,37-38,40-51H2,1-3H3/b19-16-,26-24-,29-27-,31-30-,34-32-,39-36-. The van der Waals surface area contributed by atoms with Crippen LogP contribution in [0.3, 0.4) is 0 Å². The van der Waals surface area contributed by atoms with E-state index in [1.54, 1.807) is 0 Å². The predicted octanol–water partition coefficient (Wildman–Crippen LogP) is 16.6. The SMILES string of the molecule is CCCCC/C=C\C/C=C\C/C=C\C/C=C\CCCC(=O)OCC(COC(=O)CCCCCCCCCCCC)OC(=O)CCCCC/C=C\C=C/CCCCCCCCC. The predicted molar refractivity (Wildman–Crippen MR) is 261 cm³/mol. The fourth-order valence-electron chi connectivity index (χ4n) is 6.84. The van der Waals surface area contributed by atoms with Crippen LogP contribution < -0.4 is 0 Å². The molecular weight excluding hydrogens is 757 g/mol. The van der Waals surface area contributed by atoms with Gasteiger partial charge in [-0.25, -0.2) is 0 Å². The molecule has 0 saturated carbocycles. The average molecular weight is 851 g/mol. The Labute approximate surface area is 376 Å². The molecule has 0 radical (unpaired) electrons. The molecule has 0 aliphatic carbocycles. The van der Waals surface area contributed by atoms with E-state index in [-0.39, 0.29) is 44.0 Å². The Morgan fingerprint density at radius 2 is 0.656 bits per heavy atom. The summed E-state index contributed by atoms with van der Waals surface area (Å²) >= 11 is 0. The van der Waals surface area contributed by atoms with E-state index in [9.17, 15) is 14.4 Å². The van der Waals surface area contributed by atoms with Crippen molar-refractivity contribution in [1.29, 1.82) is 0 Å². The quantitative estimate of drug-likeness (QED) is 0.0200. The Hall–Kier alpha value is -3.15. The van der Waals surface area contributed by atoms with Crippen molar-refractivity contribution in [2.24, 2.45) is 0 Å². The number of allylic oxidation sites excluding steroid dienone is 12. The lowest BCUT2D eigenvalue weighted by atomic mass is 10.1. The van der Waals surface area contributed by atoms with Crippen molar-refractivity contribution in [3.05, 3.63) is 72.9 Å². The molecule has 0 aliphatic rings. The molecule has 0 spiro atoms. The van der Waals surface area contributed by atoms with Crippen molar-refractivity contribution in [2.45, 2.75) is 245 Å². The van der Waals surface area contributed by atoms with Crippen LogP contribution in [0.4, 0.5) is 0 Å². The molecule has 0 amide bonds. The van der Waals surface area contributed by atoms with Gasteiger partial charge in [-0.15, -0.1) is 0 Å². The van der Waals surface area contributed by atoms with Gasteiger partial charge in [0.2, 0.25) is 0 Å². The van der Waals surface area contributed by atoms with E-state index in [1.807, 2.05) is 0 Å². The Kier molecular flexibility index (Phi) is 46.9. The van der Waals surface area contributed by atoms with Crippen molar-refractivity contribution in [3.8, 4) is 0 Å². The number of esters is 3. The molecule has 6 heteroatoms. The summed E-state index contributed by atoms with van der Waals surface area (Å²) in [7, 11) is 0. The summed E-state index contributed by atoms with van der Waals surface area (Å²) < 4.78 is 16.7. The molecule has 0 rings (SSSR count). The van der Waals surface area contributed by atoms with Crippen LogP contribution in [0.25, 0.3) is 0 Å². The van der Waals surface area contributed by atoms with Crippen molar-refractivity contribution in [1.82, 2.24) is 0 Å². The van der Waals surface area contributed by atoms with E-state index < -0.39 is 6.10 Å². The highest BCUT2D eigenvalue weighted by atomic mass is 16.6. The van der Waals surface area contributed by atoms with Gasteiger partial charge in [0.15, 0.2) is 6.10 Å². The van der Waals surface area contributed by atoms with Crippen LogP contribution in [0, 0.1) is 0 Å². The first-order chi connectivity index (χ1) is 30.0. The van der Waals surface area contributed by atoms with Gasteiger partial charge in [-0.3, -0.25) is 14.4 Å². The average Bonchev–Trinajstić information content (AvgIpc) is 3.26. The normalized spacial score (nSPS) is 12.6. The Balaban J connectivity index is 4.49. The van der Waals surface area contributed by atoms with Gasteiger partial charge in [-0.1, -0.05) is 209 Å². The van der Waals surface area contributed by atoms with Crippen LogP contribution in [0.1, 0.15) is 239 Å². The van der Waals surface area contributed by atoms with Gasteiger partial charge < -0.3 is 14.2 Å². The van der Waals surface area contributed by atoms with Crippen LogP contribution in [-0.4, -0.2) is 37.2 Å². The van der Waals surface area contributed by atoms with Crippen LogP contribution in [0.2, 0.25) is 0 Å². The topological polar surface area (TPSA) is 78.9 Å². The number of hydrogen-bond acceptors (Lipinski definition) is 6. The first-order valence-electron chi connectivity index (χ1n) is 25.5. The van der Waals surface area contributed by atoms with Gasteiger partial charge in [-0.05, 0) is 83.5 Å². The van der Waals surface area contributed by atoms with Gasteiger partial charge >= 0.3 is 17.9 Å². The number of hydrogen-bond donors (Lipinski definition) is 0. The smallest absolute Gasteiger partial charge is 0.306 e. The molecule has 61 heavy (non-hydrogen) atoms. The summed E-state index contributed by atoms with van der Waals surface area (Å²) in [6, 6.07) is 0. The minimum atomic E-state index is -0.808. The summed E-state index contributed by atoms with van der Waals surface area (Å²) in [5, 5.41) is 0. The second-order valence-electron chi connectivity index (χ2n) is 16.8. The largest absolute Gasteiger partial charge is 0.462 e. The number of carbonyl (C=O) groups excluding carboxylic acids is 3. The third-order valence-electron chi connectivity index (χ3n) is 10.7. The zero-order valence-electron chi connectivity index (χ0n) is 39.9. The van der Waals surface area contributed by atoms with E-state index in [2.05, 4.69) is 93.7 Å². The Bertz CT molecular complexity index is 1160. The van der Waals surface area contributed by atoms with Crippen LogP contribution in [-0.2, 0) is 28.6 Å². The molecule has 350 valence electrons. The molecule has 1 atom stereocenters. The van der Waals surface area contributed by atoms with E-state index in [0.717, 1.165) is 77.0 Å². The summed E-state index contributed by atoms with van der Waals surface area (Å²) in [5.74, 6) is -0.989. The van der Waals surface area contributed by atoms with Crippen molar-refractivity contribution >= 4 is 17.9 Å². The molecule has 0 heterocycles. The molecule has 6 nitrogen and oxygen atoms in total. The second kappa shape index (κ2) is 49.5. The lowest BCUT2D eigenvalue weighted by molar-refractivity contribution is -0.167. The number of ether oxygens (including phenoxy) is 3. The molecule has 0 aromatic heterocycles. The van der Waals surface area contributed by atoms with E-state index in [0.29, 0.717) is 12.8 Å². The minimum Gasteiger partial charge on any atom is -0.462 e. The molecule has 0 aliphatic heterocycles. The summed E-state index contributed by atoms with van der Waals surface area (Å²) in [6.45, 7) is 6.52. The third kappa shape index (κ3) is 47.7. The molecule has 0 bridgehead atoms. The number of rotatable bonds is 45. The first-order valence-corrected chi connectivity index (χ1v) is 25.5. The molecule has 0 aromatic rings. The molecule has 0 fully saturated rings. The summed E-state index contributed by atoms with van der Waals surface area (Å²) in [5.41, 5.74) is 0. The lowest BCUT2D eigenvalue weighted by Crippen LogP contribution is -2.30. The van der Waals surface area contributed by atoms with Gasteiger partial charge in [-0.2, -0.15) is 0 Å².